The molecule has 4 nitrogen and oxygen atoms in total. The molecule has 17 heavy (non-hydrogen) atoms. The van der Waals surface area contributed by atoms with E-state index in [2.05, 4.69) is 0 Å². The van der Waals surface area contributed by atoms with Crippen molar-refractivity contribution in [1.29, 1.82) is 0 Å². The molecule has 2 rings (SSSR count). The molecule has 0 aliphatic heterocycles. The lowest BCUT2D eigenvalue weighted by atomic mass is 10.1. The van der Waals surface area contributed by atoms with Crippen molar-refractivity contribution < 1.29 is 14.3 Å². The van der Waals surface area contributed by atoms with Crippen LogP contribution >= 0.6 is 0 Å². The second kappa shape index (κ2) is 5.01. The Morgan fingerprint density at radius 3 is 2.88 bits per heavy atom. The van der Waals surface area contributed by atoms with E-state index in [1.165, 1.54) is 7.11 Å². The molecule has 0 atom stereocenters. The average Bonchev–Trinajstić information content (AvgIpc) is 2.78. The van der Waals surface area contributed by atoms with Crippen LogP contribution in [-0.2, 0) is 16.2 Å². The Hall–Kier alpha value is -1.81. The number of benzene rings is 1. The highest BCUT2D eigenvalue weighted by atomic mass is 16.5. The summed E-state index contributed by atoms with van der Waals surface area (Å²) < 4.78 is 12.1. The molecule has 0 bridgehead atoms. The predicted molar refractivity (Wildman–Crippen MR) is 64.9 cm³/mol. The highest BCUT2D eigenvalue weighted by Crippen LogP contribution is 2.21. The van der Waals surface area contributed by atoms with Gasteiger partial charge in [0.1, 0.15) is 6.73 Å². The molecule has 0 aliphatic carbocycles. The maximum atomic E-state index is 11.6. The standard InChI is InChI=1S/C13H15NO3/c1-3-17-9-14-8-7-10-11(13(15)16-2)5-4-6-12(10)14/h4-8H,3,9H2,1-2H3. The Balaban J connectivity index is 2.45. The molecule has 0 amide bonds. The SMILES string of the molecule is CCOCn1ccc2c(C(=O)OC)cccc21. The molecule has 4 heteroatoms. The van der Waals surface area contributed by atoms with Gasteiger partial charge in [0.15, 0.2) is 0 Å². The molecular weight excluding hydrogens is 218 g/mol. The van der Waals surface area contributed by atoms with Crippen LogP contribution in [0.15, 0.2) is 30.5 Å². The van der Waals surface area contributed by atoms with Crippen LogP contribution in [0, 0.1) is 0 Å². The Morgan fingerprint density at radius 2 is 2.18 bits per heavy atom. The van der Waals surface area contributed by atoms with Gasteiger partial charge in [-0.1, -0.05) is 6.07 Å². The van der Waals surface area contributed by atoms with E-state index in [9.17, 15) is 4.79 Å². The summed E-state index contributed by atoms with van der Waals surface area (Å²) in [6, 6.07) is 7.47. The third-order valence-corrected chi connectivity index (χ3v) is 2.65. The number of hydrogen-bond acceptors (Lipinski definition) is 3. The number of hydrogen-bond donors (Lipinski definition) is 0. The number of rotatable bonds is 4. The maximum Gasteiger partial charge on any atom is 0.338 e. The van der Waals surface area contributed by atoms with Gasteiger partial charge in [0.25, 0.3) is 0 Å². The first-order valence-corrected chi connectivity index (χ1v) is 5.52. The zero-order chi connectivity index (χ0) is 12.3. The van der Waals surface area contributed by atoms with Crippen LogP contribution in [0.25, 0.3) is 10.9 Å². The van der Waals surface area contributed by atoms with Gasteiger partial charge >= 0.3 is 5.97 Å². The van der Waals surface area contributed by atoms with Gasteiger partial charge in [-0.3, -0.25) is 0 Å². The molecule has 1 heterocycles. The van der Waals surface area contributed by atoms with Gasteiger partial charge in [0.05, 0.1) is 18.2 Å². The molecule has 1 aromatic carbocycles. The first kappa shape index (κ1) is 11.7. The smallest absolute Gasteiger partial charge is 0.338 e. The van der Waals surface area contributed by atoms with Crippen LogP contribution in [-0.4, -0.2) is 24.3 Å². The van der Waals surface area contributed by atoms with Crippen LogP contribution < -0.4 is 0 Å². The number of ether oxygens (including phenoxy) is 2. The summed E-state index contributed by atoms with van der Waals surface area (Å²) in [4.78, 5) is 11.6. The van der Waals surface area contributed by atoms with Crippen molar-refractivity contribution in [2.45, 2.75) is 13.7 Å². The van der Waals surface area contributed by atoms with Crippen LogP contribution in [0.2, 0.25) is 0 Å². The van der Waals surface area contributed by atoms with Crippen molar-refractivity contribution in [3.63, 3.8) is 0 Å². The number of methoxy groups -OCH3 is 1. The molecule has 0 spiro atoms. The van der Waals surface area contributed by atoms with Gasteiger partial charge in [-0.15, -0.1) is 0 Å². The minimum Gasteiger partial charge on any atom is -0.465 e. The average molecular weight is 233 g/mol. The molecule has 0 saturated carbocycles. The fourth-order valence-corrected chi connectivity index (χ4v) is 1.81. The third kappa shape index (κ3) is 2.17. The van der Waals surface area contributed by atoms with E-state index in [1.807, 2.05) is 35.9 Å². The zero-order valence-electron chi connectivity index (χ0n) is 9.97. The summed E-state index contributed by atoms with van der Waals surface area (Å²) in [6.45, 7) is 3.10. The number of fused-ring (bicyclic) bond motifs is 1. The van der Waals surface area contributed by atoms with Crippen LogP contribution in [0.1, 0.15) is 17.3 Å². The van der Waals surface area contributed by atoms with Gasteiger partial charge in [0, 0.05) is 18.2 Å². The molecule has 0 unspecified atom stereocenters. The quantitative estimate of drug-likeness (QED) is 0.761. The second-order valence-electron chi connectivity index (χ2n) is 3.64. The van der Waals surface area contributed by atoms with E-state index < -0.39 is 0 Å². The third-order valence-electron chi connectivity index (χ3n) is 2.65. The van der Waals surface area contributed by atoms with E-state index in [0.717, 1.165) is 10.9 Å². The number of carbonyl (C=O) groups is 1. The molecule has 90 valence electrons. The van der Waals surface area contributed by atoms with Gasteiger partial charge < -0.3 is 14.0 Å². The number of esters is 1. The normalized spacial score (nSPS) is 10.7. The van der Waals surface area contributed by atoms with E-state index in [-0.39, 0.29) is 5.97 Å². The summed E-state index contributed by atoms with van der Waals surface area (Å²) in [6.07, 6.45) is 1.91. The van der Waals surface area contributed by atoms with Crippen LogP contribution in [0.4, 0.5) is 0 Å². The monoisotopic (exact) mass is 233 g/mol. The molecule has 0 radical (unpaired) electrons. The summed E-state index contributed by atoms with van der Waals surface area (Å²) in [5.74, 6) is -0.315. The summed E-state index contributed by atoms with van der Waals surface area (Å²) >= 11 is 0. The topological polar surface area (TPSA) is 40.5 Å². The largest absolute Gasteiger partial charge is 0.465 e. The Morgan fingerprint density at radius 1 is 1.35 bits per heavy atom. The molecule has 0 fully saturated rings. The van der Waals surface area contributed by atoms with Crippen molar-refractivity contribution in [3.05, 3.63) is 36.0 Å². The molecule has 0 N–H and O–H groups in total. The van der Waals surface area contributed by atoms with Gasteiger partial charge in [-0.05, 0) is 25.1 Å². The van der Waals surface area contributed by atoms with Crippen molar-refractivity contribution in [2.24, 2.45) is 0 Å². The lowest BCUT2D eigenvalue weighted by Crippen LogP contribution is -2.03. The lowest BCUT2D eigenvalue weighted by Gasteiger charge is -2.06. The van der Waals surface area contributed by atoms with Crippen molar-refractivity contribution in [3.8, 4) is 0 Å². The first-order valence-electron chi connectivity index (χ1n) is 5.52. The lowest BCUT2D eigenvalue weighted by molar-refractivity contribution is 0.0603. The van der Waals surface area contributed by atoms with E-state index in [4.69, 9.17) is 9.47 Å². The minimum atomic E-state index is -0.315. The van der Waals surface area contributed by atoms with Crippen LogP contribution in [0.5, 0.6) is 0 Å². The zero-order valence-corrected chi connectivity index (χ0v) is 9.97. The first-order chi connectivity index (χ1) is 8.27. The van der Waals surface area contributed by atoms with Crippen molar-refractivity contribution in [2.75, 3.05) is 13.7 Å². The highest BCUT2D eigenvalue weighted by molar-refractivity contribution is 6.03. The van der Waals surface area contributed by atoms with E-state index in [1.54, 1.807) is 6.07 Å². The number of aromatic nitrogens is 1. The summed E-state index contributed by atoms with van der Waals surface area (Å²) in [5, 5.41) is 0.888. The number of carbonyl (C=O) groups excluding carboxylic acids is 1. The predicted octanol–water partition coefficient (Wildman–Crippen LogP) is 2.42. The Bertz CT molecular complexity index is 530. The van der Waals surface area contributed by atoms with Crippen molar-refractivity contribution >= 4 is 16.9 Å². The Labute approximate surface area is 99.7 Å². The number of nitrogens with zero attached hydrogens (tertiary/aromatic N) is 1. The van der Waals surface area contributed by atoms with E-state index >= 15 is 0 Å². The van der Waals surface area contributed by atoms with Gasteiger partial charge in [0.2, 0.25) is 0 Å². The molecular formula is C13H15NO3. The van der Waals surface area contributed by atoms with Gasteiger partial charge in [-0.25, -0.2) is 4.79 Å². The molecule has 0 saturated heterocycles. The Kier molecular flexibility index (Phi) is 3.44. The van der Waals surface area contributed by atoms with Crippen molar-refractivity contribution in [1.82, 2.24) is 4.57 Å². The van der Waals surface area contributed by atoms with Crippen LogP contribution in [0.3, 0.4) is 0 Å². The summed E-state index contributed by atoms with van der Waals surface area (Å²) in [5.41, 5.74) is 1.56. The maximum absolute atomic E-state index is 11.6. The molecule has 1 aromatic heterocycles. The van der Waals surface area contributed by atoms with E-state index in [0.29, 0.717) is 18.9 Å². The fraction of sp³-hybridized carbons (Fsp3) is 0.308. The fourth-order valence-electron chi connectivity index (χ4n) is 1.81. The molecule has 2 aromatic rings. The highest BCUT2D eigenvalue weighted by Gasteiger charge is 2.11. The van der Waals surface area contributed by atoms with Gasteiger partial charge in [-0.2, -0.15) is 0 Å². The molecule has 0 aliphatic rings. The second-order valence-corrected chi connectivity index (χ2v) is 3.64. The minimum absolute atomic E-state index is 0.315. The summed E-state index contributed by atoms with van der Waals surface area (Å²) in [7, 11) is 1.39.